The Hall–Kier alpha value is -6.44. The first-order valence-corrected chi connectivity index (χ1v) is 18.9. The molecule has 0 bridgehead atoms. The highest BCUT2D eigenvalue weighted by Crippen LogP contribution is 2.64. The van der Waals surface area contributed by atoms with Crippen molar-refractivity contribution in [2.75, 3.05) is 4.90 Å². The van der Waals surface area contributed by atoms with Crippen molar-refractivity contribution in [3.8, 4) is 22.3 Å². The van der Waals surface area contributed by atoms with Gasteiger partial charge in [0, 0.05) is 16.9 Å². The van der Waals surface area contributed by atoms with Crippen LogP contribution in [0.4, 0.5) is 17.1 Å². The maximum atomic E-state index is 2.49. The monoisotopic (exact) mass is 677 g/mol. The van der Waals surface area contributed by atoms with E-state index in [2.05, 4.69) is 194 Å². The average molecular weight is 678 g/mol. The molecule has 1 nitrogen and oxygen atoms in total. The van der Waals surface area contributed by atoms with E-state index in [9.17, 15) is 0 Å². The first-order chi connectivity index (χ1) is 26.2. The molecule has 9 aromatic carbocycles. The molecule has 0 saturated carbocycles. The van der Waals surface area contributed by atoms with Gasteiger partial charge in [-0.05, 0) is 109 Å². The molecular weight excluding hydrogens is 639 g/mol. The second-order valence-corrected chi connectivity index (χ2v) is 14.1. The van der Waals surface area contributed by atoms with Crippen LogP contribution in [0.2, 0.25) is 0 Å². The van der Waals surface area contributed by atoms with Gasteiger partial charge in [-0.1, -0.05) is 171 Å². The second-order valence-electron chi connectivity index (χ2n) is 14.1. The summed E-state index contributed by atoms with van der Waals surface area (Å²) >= 11 is 0. The van der Waals surface area contributed by atoms with E-state index < -0.39 is 5.41 Å². The molecule has 9 aromatic rings. The summed E-state index contributed by atoms with van der Waals surface area (Å²) in [5.41, 5.74) is 15.0. The maximum Gasteiger partial charge on any atom is 0.0726 e. The summed E-state index contributed by atoms with van der Waals surface area (Å²) in [6, 6.07) is 67.9. The van der Waals surface area contributed by atoms with Crippen LogP contribution in [-0.4, -0.2) is 0 Å². The van der Waals surface area contributed by atoms with E-state index in [1.54, 1.807) is 0 Å². The fraction of sp³-hybridized carbons (Fsp3) is 0.0769. The smallest absolute Gasteiger partial charge is 0.0726 e. The SMILES string of the molecule is CC.Cc1ccc(N(c2ccc3c4ccccc4c4ccccc4c3c2)c2cccc3c2-c2ccccc2C32c3ccccc3-c3ccccc32)cc1. The molecule has 0 amide bonds. The molecule has 0 radical (unpaired) electrons. The summed E-state index contributed by atoms with van der Waals surface area (Å²) in [6.07, 6.45) is 0. The first kappa shape index (κ1) is 31.3. The molecule has 0 aliphatic heterocycles. The highest BCUT2D eigenvalue weighted by Gasteiger charge is 2.52. The minimum atomic E-state index is -0.396. The van der Waals surface area contributed by atoms with Crippen molar-refractivity contribution >= 4 is 49.4 Å². The molecule has 1 heteroatoms. The van der Waals surface area contributed by atoms with Crippen molar-refractivity contribution in [2.24, 2.45) is 0 Å². The van der Waals surface area contributed by atoms with Crippen molar-refractivity contribution in [3.63, 3.8) is 0 Å². The Labute approximate surface area is 311 Å². The minimum Gasteiger partial charge on any atom is -0.310 e. The van der Waals surface area contributed by atoms with Gasteiger partial charge in [0.15, 0.2) is 0 Å². The van der Waals surface area contributed by atoms with Gasteiger partial charge in [0.2, 0.25) is 0 Å². The summed E-state index contributed by atoms with van der Waals surface area (Å²) < 4.78 is 0. The van der Waals surface area contributed by atoms with Gasteiger partial charge in [-0.15, -0.1) is 0 Å². The topological polar surface area (TPSA) is 3.24 Å². The molecular formula is C52H39N. The number of nitrogens with zero attached hydrogens (tertiary/aromatic N) is 1. The predicted molar refractivity (Wildman–Crippen MR) is 226 cm³/mol. The molecule has 0 atom stereocenters. The fourth-order valence-electron chi connectivity index (χ4n) is 9.47. The third-order valence-electron chi connectivity index (χ3n) is 11.5. The van der Waals surface area contributed by atoms with E-state index in [0.717, 1.165) is 11.4 Å². The van der Waals surface area contributed by atoms with Gasteiger partial charge in [-0.2, -0.15) is 0 Å². The number of fused-ring (bicyclic) bond motifs is 16. The highest BCUT2D eigenvalue weighted by molar-refractivity contribution is 6.25. The lowest BCUT2D eigenvalue weighted by molar-refractivity contribution is 0.794. The Balaban J connectivity index is 0.00000172. The van der Waals surface area contributed by atoms with Gasteiger partial charge in [0.1, 0.15) is 0 Å². The normalized spacial score (nSPS) is 13.0. The molecule has 0 N–H and O–H groups in total. The lowest BCUT2D eigenvalue weighted by atomic mass is 9.70. The fourth-order valence-corrected chi connectivity index (χ4v) is 9.47. The van der Waals surface area contributed by atoms with Gasteiger partial charge >= 0.3 is 0 Å². The molecule has 2 aliphatic carbocycles. The minimum absolute atomic E-state index is 0.396. The lowest BCUT2D eigenvalue weighted by Crippen LogP contribution is -2.26. The van der Waals surface area contributed by atoms with Crippen molar-refractivity contribution in [1.82, 2.24) is 0 Å². The van der Waals surface area contributed by atoms with Crippen LogP contribution in [-0.2, 0) is 5.41 Å². The molecule has 0 fully saturated rings. The summed E-state index contributed by atoms with van der Waals surface area (Å²) in [4.78, 5) is 2.49. The summed E-state index contributed by atoms with van der Waals surface area (Å²) in [6.45, 7) is 6.16. The van der Waals surface area contributed by atoms with E-state index in [1.807, 2.05) is 13.8 Å². The van der Waals surface area contributed by atoms with E-state index in [4.69, 9.17) is 0 Å². The second kappa shape index (κ2) is 12.1. The van der Waals surface area contributed by atoms with Crippen molar-refractivity contribution in [1.29, 1.82) is 0 Å². The zero-order valence-corrected chi connectivity index (χ0v) is 30.3. The van der Waals surface area contributed by atoms with Gasteiger partial charge in [0.25, 0.3) is 0 Å². The van der Waals surface area contributed by atoms with Crippen molar-refractivity contribution in [3.05, 3.63) is 210 Å². The van der Waals surface area contributed by atoms with Crippen LogP contribution in [0.3, 0.4) is 0 Å². The van der Waals surface area contributed by atoms with Crippen LogP contribution in [0.15, 0.2) is 182 Å². The molecule has 1 spiro atoms. The number of hydrogen-bond donors (Lipinski definition) is 0. The van der Waals surface area contributed by atoms with Crippen molar-refractivity contribution < 1.29 is 0 Å². The Bertz CT molecular complexity index is 2800. The van der Waals surface area contributed by atoms with E-state index >= 15 is 0 Å². The predicted octanol–water partition coefficient (Wildman–Crippen LogP) is 14.3. The third kappa shape index (κ3) is 4.31. The van der Waals surface area contributed by atoms with Crippen LogP contribution in [0, 0.1) is 6.92 Å². The Morgan fingerprint density at radius 2 is 0.792 bits per heavy atom. The highest BCUT2D eigenvalue weighted by atomic mass is 15.1. The van der Waals surface area contributed by atoms with Crippen LogP contribution >= 0.6 is 0 Å². The van der Waals surface area contributed by atoms with E-state index in [1.165, 1.54) is 88.1 Å². The number of hydrogen-bond acceptors (Lipinski definition) is 1. The van der Waals surface area contributed by atoms with Crippen LogP contribution in [0.1, 0.15) is 41.7 Å². The molecule has 0 heterocycles. The number of anilines is 3. The van der Waals surface area contributed by atoms with Crippen LogP contribution in [0.5, 0.6) is 0 Å². The number of benzene rings is 9. The standard InChI is InChI=1S/C50H33N.C2H6/c1-32-25-27-33(28-26-32)51(34-29-30-39-37-15-3-2-13-35(37)36-14-4-5-16-38(36)43(39)31-34)48-24-12-23-47-49(48)42-19-8-11-22-46(42)50(47)44-20-9-6-17-40(44)41-18-7-10-21-45(41)50;1-2/h2-31H,1H3;1-2H3. The van der Waals surface area contributed by atoms with Crippen LogP contribution in [0.25, 0.3) is 54.6 Å². The molecule has 0 unspecified atom stereocenters. The average Bonchev–Trinajstić information content (AvgIpc) is 3.70. The molecule has 0 aromatic heterocycles. The van der Waals surface area contributed by atoms with Crippen LogP contribution < -0.4 is 4.90 Å². The number of aryl methyl sites for hydroxylation is 1. The maximum absolute atomic E-state index is 2.49. The quantitative estimate of drug-likeness (QED) is 0.168. The molecule has 252 valence electrons. The number of rotatable bonds is 3. The van der Waals surface area contributed by atoms with E-state index in [0.29, 0.717) is 0 Å². The Morgan fingerprint density at radius 3 is 1.38 bits per heavy atom. The molecule has 0 saturated heterocycles. The Morgan fingerprint density at radius 1 is 0.358 bits per heavy atom. The van der Waals surface area contributed by atoms with E-state index in [-0.39, 0.29) is 0 Å². The van der Waals surface area contributed by atoms with Gasteiger partial charge in [-0.3, -0.25) is 0 Å². The Kier molecular flexibility index (Phi) is 7.13. The molecule has 2 aliphatic rings. The summed E-state index contributed by atoms with van der Waals surface area (Å²) in [7, 11) is 0. The molecule has 11 rings (SSSR count). The van der Waals surface area contributed by atoms with Gasteiger partial charge < -0.3 is 4.90 Å². The third-order valence-corrected chi connectivity index (χ3v) is 11.5. The largest absolute Gasteiger partial charge is 0.310 e. The van der Waals surface area contributed by atoms with Gasteiger partial charge in [0.05, 0.1) is 11.1 Å². The lowest BCUT2D eigenvalue weighted by Gasteiger charge is -2.32. The summed E-state index contributed by atoms with van der Waals surface area (Å²) in [5.74, 6) is 0. The zero-order valence-electron chi connectivity index (χ0n) is 30.3. The van der Waals surface area contributed by atoms with Gasteiger partial charge in [-0.25, -0.2) is 0 Å². The zero-order chi connectivity index (χ0) is 35.7. The molecule has 53 heavy (non-hydrogen) atoms. The van der Waals surface area contributed by atoms with Crippen molar-refractivity contribution in [2.45, 2.75) is 26.2 Å². The first-order valence-electron chi connectivity index (χ1n) is 18.9. The summed E-state index contributed by atoms with van der Waals surface area (Å²) in [5, 5.41) is 7.69.